The number of fused-ring (bicyclic) bond motifs is 2. The molecule has 160 valence electrons. The zero-order chi connectivity index (χ0) is 20.3. The van der Waals surface area contributed by atoms with Gasteiger partial charge in [0.15, 0.2) is 17.5 Å². The second-order valence-electron chi connectivity index (χ2n) is 8.70. The van der Waals surface area contributed by atoms with Crippen LogP contribution in [0.3, 0.4) is 0 Å². The topological polar surface area (TPSA) is 64.1 Å². The summed E-state index contributed by atoms with van der Waals surface area (Å²) in [5.74, 6) is 2.47. The van der Waals surface area contributed by atoms with Crippen molar-refractivity contribution in [3.8, 4) is 11.5 Å². The maximum Gasteiger partial charge on any atom is 0.191 e. The second kappa shape index (κ2) is 8.82. The third-order valence-electron chi connectivity index (χ3n) is 7.05. The van der Waals surface area contributed by atoms with Crippen molar-refractivity contribution in [2.75, 3.05) is 27.8 Å². The number of hydrogen-bond acceptors (Lipinski definition) is 4. The van der Waals surface area contributed by atoms with Crippen molar-refractivity contribution in [2.24, 2.45) is 4.99 Å². The molecule has 2 saturated heterocycles. The van der Waals surface area contributed by atoms with Gasteiger partial charge >= 0.3 is 0 Å². The fourth-order valence-corrected chi connectivity index (χ4v) is 5.38. The lowest BCUT2D eigenvalue weighted by Crippen LogP contribution is -2.51. The van der Waals surface area contributed by atoms with Gasteiger partial charge in [-0.05, 0) is 49.8 Å². The number of guanidine groups is 1. The number of hydrogen-bond donors (Lipinski definition) is 2. The first-order valence-corrected chi connectivity index (χ1v) is 11.0. The van der Waals surface area contributed by atoms with Crippen LogP contribution in [0, 0.1) is 0 Å². The van der Waals surface area contributed by atoms with Crippen LogP contribution in [-0.4, -0.2) is 52.0 Å². The molecule has 3 atom stereocenters. The van der Waals surface area contributed by atoms with Gasteiger partial charge in [-0.25, -0.2) is 0 Å². The molecule has 1 aromatic rings. The molecule has 3 unspecified atom stereocenters. The summed E-state index contributed by atoms with van der Waals surface area (Å²) in [6, 6.07) is 6.77. The van der Waals surface area contributed by atoms with E-state index in [-0.39, 0.29) is 5.41 Å². The lowest BCUT2D eigenvalue weighted by Gasteiger charge is -2.39. The van der Waals surface area contributed by atoms with E-state index in [1.807, 2.05) is 13.1 Å². The van der Waals surface area contributed by atoms with Crippen molar-refractivity contribution in [3.05, 3.63) is 23.8 Å². The van der Waals surface area contributed by atoms with Crippen LogP contribution in [-0.2, 0) is 10.2 Å². The third kappa shape index (κ3) is 4.18. The molecule has 0 aromatic heterocycles. The fourth-order valence-electron chi connectivity index (χ4n) is 5.38. The molecule has 1 aliphatic carbocycles. The lowest BCUT2D eigenvalue weighted by molar-refractivity contribution is 0.0992. The van der Waals surface area contributed by atoms with Gasteiger partial charge in [-0.3, -0.25) is 4.99 Å². The average molecular weight is 402 g/mol. The fraction of sp³-hybridized carbons (Fsp3) is 0.696. The summed E-state index contributed by atoms with van der Waals surface area (Å²) in [7, 11) is 5.24. The average Bonchev–Trinajstić information content (AvgIpc) is 3.40. The molecule has 6 heteroatoms. The second-order valence-corrected chi connectivity index (χ2v) is 8.70. The Bertz CT molecular complexity index is 730. The predicted molar refractivity (Wildman–Crippen MR) is 115 cm³/mol. The highest BCUT2D eigenvalue weighted by Crippen LogP contribution is 2.42. The van der Waals surface area contributed by atoms with Crippen LogP contribution in [0.15, 0.2) is 23.2 Å². The summed E-state index contributed by atoms with van der Waals surface area (Å²) >= 11 is 0. The lowest BCUT2D eigenvalue weighted by atomic mass is 9.69. The summed E-state index contributed by atoms with van der Waals surface area (Å²) in [6.07, 6.45) is 10.4. The van der Waals surface area contributed by atoms with E-state index in [0.717, 1.165) is 36.8 Å². The van der Waals surface area contributed by atoms with Crippen LogP contribution >= 0.6 is 0 Å². The van der Waals surface area contributed by atoms with Gasteiger partial charge in [0.25, 0.3) is 0 Å². The van der Waals surface area contributed by atoms with Crippen LogP contribution in [0.4, 0.5) is 0 Å². The number of aliphatic imine (C=N–C) groups is 1. The Morgan fingerprint density at radius 1 is 1.14 bits per heavy atom. The van der Waals surface area contributed by atoms with E-state index in [2.05, 4.69) is 27.8 Å². The van der Waals surface area contributed by atoms with Crippen molar-refractivity contribution in [2.45, 2.75) is 75.0 Å². The SMILES string of the molecule is CN=C(NCC1(c2ccc(OC)c(OC)c2)CCCCC1)NC1CC2CCC1O2. The predicted octanol–water partition coefficient (Wildman–Crippen LogP) is 3.39. The number of nitrogens with zero attached hydrogens (tertiary/aromatic N) is 1. The Hall–Kier alpha value is -1.95. The minimum atomic E-state index is 0.0839. The molecule has 6 nitrogen and oxygen atoms in total. The largest absolute Gasteiger partial charge is 0.493 e. The molecule has 2 bridgehead atoms. The highest BCUT2D eigenvalue weighted by atomic mass is 16.5. The van der Waals surface area contributed by atoms with Gasteiger partial charge in [-0.1, -0.05) is 25.3 Å². The summed E-state index contributed by atoms with van der Waals surface area (Å²) < 4.78 is 17.0. The van der Waals surface area contributed by atoms with Crippen LogP contribution in [0.1, 0.15) is 56.9 Å². The van der Waals surface area contributed by atoms with Crippen molar-refractivity contribution in [3.63, 3.8) is 0 Å². The highest BCUT2D eigenvalue weighted by Gasteiger charge is 2.41. The molecule has 3 fully saturated rings. The number of methoxy groups -OCH3 is 2. The van der Waals surface area contributed by atoms with Gasteiger partial charge in [-0.2, -0.15) is 0 Å². The third-order valence-corrected chi connectivity index (χ3v) is 7.05. The van der Waals surface area contributed by atoms with E-state index in [0.29, 0.717) is 18.2 Å². The minimum absolute atomic E-state index is 0.0839. The van der Waals surface area contributed by atoms with Crippen LogP contribution < -0.4 is 20.1 Å². The van der Waals surface area contributed by atoms with Gasteiger partial charge in [-0.15, -0.1) is 0 Å². The first kappa shape index (κ1) is 20.3. The van der Waals surface area contributed by atoms with Crippen LogP contribution in [0.5, 0.6) is 11.5 Å². The van der Waals surface area contributed by atoms with Crippen molar-refractivity contribution in [1.82, 2.24) is 10.6 Å². The first-order valence-electron chi connectivity index (χ1n) is 11.0. The Morgan fingerprint density at radius 3 is 2.55 bits per heavy atom. The molecule has 29 heavy (non-hydrogen) atoms. The van der Waals surface area contributed by atoms with E-state index in [9.17, 15) is 0 Å². The Kier molecular flexibility index (Phi) is 6.18. The van der Waals surface area contributed by atoms with Gasteiger partial charge in [0.2, 0.25) is 0 Å². The summed E-state index contributed by atoms with van der Waals surface area (Å²) in [5.41, 5.74) is 1.40. The molecule has 0 radical (unpaired) electrons. The molecule has 1 aromatic carbocycles. The standard InChI is InChI=1S/C23H35N3O3/c1-24-22(26-18-14-17-8-10-19(18)29-17)25-15-23(11-5-4-6-12-23)16-7-9-20(27-2)21(13-16)28-3/h7,9,13,17-19H,4-6,8,10-12,14-15H2,1-3H3,(H2,24,25,26). The van der Waals surface area contributed by atoms with Crippen LogP contribution in [0.25, 0.3) is 0 Å². The zero-order valence-electron chi connectivity index (χ0n) is 18.0. The van der Waals surface area contributed by atoms with Gasteiger partial charge in [0.05, 0.1) is 32.5 Å². The van der Waals surface area contributed by atoms with E-state index in [1.165, 1.54) is 44.1 Å². The Balaban J connectivity index is 1.48. The van der Waals surface area contributed by atoms with Crippen molar-refractivity contribution in [1.29, 1.82) is 0 Å². The molecular formula is C23H35N3O3. The Morgan fingerprint density at radius 2 is 1.93 bits per heavy atom. The maximum absolute atomic E-state index is 5.99. The summed E-state index contributed by atoms with van der Waals surface area (Å²) in [5, 5.41) is 7.26. The van der Waals surface area contributed by atoms with E-state index in [1.54, 1.807) is 14.2 Å². The maximum atomic E-state index is 5.99. The van der Waals surface area contributed by atoms with Gasteiger partial charge in [0, 0.05) is 19.0 Å². The van der Waals surface area contributed by atoms with Crippen LogP contribution in [0.2, 0.25) is 0 Å². The molecule has 4 rings (SSSR count). The first-order chi connectivity index (χ1) is 14.2. The van der Waals surface area contributed by atoms with E-state index >= 15 is 0 Å². The van der Waals surface area contributed by atoms with E-state index < -0.39 is 0 Å². The summed E-state index contributed by atoms with van der Waals surface area (Å²) in [4.78, 5) is 4.50. The molecule has 2 N–H and O–H groups in total. The number of ether oxygens (including phenoxy) is 3. The van der Waals surface area contributed by atoms with Gasteiger partial charge in [0.1, 0.15) is 0 Å². The van der Waals surface area contributed by atoms with Gasteiger partial charge < -0.3 is 24.8 Å². The zero-order valence-corrected chi connectivity index (χ0v) is 18.0. The molecular weight excluding hydrogens is 366 g/mol. The highest BCUT2D eigenvalue weighted by molar-refractivity contribution is 5.80. The molecule has 0 spiro atoms. The molecule has 2 heterocycles. The Labute approximate surface area is 174 Å². The molecule has 1 saturated carbocycles. The van der Waals surface area contributed by atoms with Crippen molar-refractivity contribution >= 4 is 5.96 Å². The number of nitrogens with one attached hydrogen (secondary N) is 2. The quantitative estimate of drug-likeness (QED) is 0.565. The number of rotatable bonds is 6. The van der Waals surface area contributed by atoms with E-state index in [4.69, 9.17) is 14.2 Å². The summed E-state index contributed by atoms with van der Waals surface area (Å²) in [6.45, 7) is 0.865. The smallest absolute Gasteiger partial charge is 0.191 e. The molecule has 3 aliphatic rings. The molecule has 2 aliphatic heterocycles. The van der Waals surface area contributed by atoms with Crippen molar-refractivity contribution < 1.29 is 14.2 Å². The number of benzene rings is 1. The normalized spacial score (nSPS) is 28.2. The molecule has 0 amide bonds. The monoisotopic (exact) mass is 401 g/mol. The minimum Gasteiger partial charge on any atom is -0.493 e.